The SMILES string of the molecule is CCNC.COc1nc2[nH]cc(C(=O)C=O)c2cc1C(=O)N1CCC(Cc2ccc(F)cc2)CC1. The topological polar surface area (TPSA) is 104 Å². The Kier molecular flexibility index (Phi) is 9.08. The summed E-state index contributed by atoms with van der Waals surface area (Å²) in [6, 6.07) is 8.09. The van der Waals surface area contributed by atoms with Crippen molar-refractivity contribution in [3.05, 3.63) is 59.0 Å². The molecule has 0 saturated carbocycles. The smallest absolute Gasteiger partial charge is 0.259 e. The lowest BCUT2D eigenvalue weighted by Crippen LogP contribution is -2.39. The van der Waals surface area contributed by atoms with Gasteiger partial charge in [0.25, 0.3) is 5.91 Å². The maximum absolute atomic E-state index is 13.2. The molecule has 0 aliphatic carbocycles. The number of Topliss-reactive ketones (excluding diaryl/α,β-unsaturated/α-hetero) is 1. The van der Waals surface area contributed by atoms with Crippen LogP contribution in [0, 0.1) is 11.7 Å². The summed E-state index contributed by atoms with van der Waals surface area (Å²) in [4.78, 5) is 44.9. The number of pyridine rings is 1. The van der Waals surface area contributed by atoms with Crippen LogP contribution in [-0.2, 0) is 11.2 Å². The number of halogens is 1. The standard InChI is InChI=1S/C23H22FN3O4.C3H9N/c1-31-22-18(11-17-19(20(29)13-28)12-25-21(17)26-22)23(30)27-8-6-15(7-9-27)10-14-2-4-16(24)5-3-14;1-3-4-2/h2-5,11-13,15H,6-10H2,1H3,(H,25,26);4H,3H2,1-2H3. The van der Waals surface area contributed by atoms with E-state index in [1.165, 1.54) is 25.4 Å². The number of piperidine rings is 1. The van der Waals surface area contributed by atoms with Gasteiger partial charge in [-0.25, -0.2) is 4.39 Å². The molecule has 1 aliphatic rings. The molecule has 1 amide bonds. The molecule has 0 atom stereocenters. The highest BCUT2D eigenvalue weighted by Crippen LogP contribution is 2.28. The van der Waals surface area contributed by atoms with Crippen molar-refractivity contribution in [2.45, 2.75) is 26.2 Å². The minimum atomic E-state index is -0.682. The summed E-state index contributed by atoms with van der Waals surface area (Å²) in [6.45, 7) is 4.30. The van der Waals surface area contributed by atoms with Crippen LogP contribution in [-0.4, -0.2) is 66.6 Å². The lowest BCUT2D eigenvalue weighted by molar-refractivity contribution is -0.104. The highest BCUT2D eigenvalue weighted by molar-refractivity contribution is 6.36. The predicted molar refractivity (Wildman–Crippen MR) is 131 cm³/mol. The van der Waals surface area contributed by atoms with Gasteiger partial charge in [0.2, 0.25) is 11.7 Å². The van der Waals surface area contributed by atoms with Crippen LogP contribution in [0.4, 0.5) is 4.39 Å². The average molecular weight is 483 g/mol. The summed E-state index contributed by atoms with van der Waals surface area (Å²) in [5.74, 6) is -0.573. The molecule has 2 N–H and O–H groups in total. The fraction of sp³-hybridized carbons (Fsp3) is 0.385. The van der Waals surface area contributed by atoms with Crippen molar-refractivity contribution in [2.75, 3.05) is 33.8 Å². The second-order valence-corrected chi connectivity index (χ2v) is 8.40. The molecule has 35 heavy (non-hydrogen) atoms. The minimum Gasteiger partial charge on any atom is -0.480 e. The number of amides is 1. The van der Waals surface area contributed by atoms with E-state index in [-0.39, 0.29) is 35.0 Å². The number of H-pyrrole nitrogens is 1. The summed E-state index contributed by atoms with van der Waals surface area (Å²) in [5.41, 5.74) is 1.89. The Balaban J connectivity index is 0.000000795. The molecule has 1 aromatic carbocycles. The van der Waals surface area contributed by atoms with Crippen LogP contribution in [0.5, 0.6) is 5.88 Å². The molecule has 0 bridgehead atoms. The number of ketones is 1. The quantitative estimate of drug-likeness (QED) is 0.304. The van der Waals surface area contributed by atoms with Crippen LogP contribution >= 0.6 is 0 Å². The summed E-state index contributed by atoms with van der Waals surface area (Å²) in [6.07, 6.45) is 4.16. The van der Waals surface area contributed by atoms with Crippen LogP contribution in [0.15, 0.2) is 36.5 Å². The van der Waals surface area contributed by atoms with Crippen LogP contribution in [0.2, 0.25) is 0 Å². The van der Waals surface area contributed by atoms with Gasteiger partial charge in [-0.1, -0.05) is 19.1 Å². The molecule has 2 aromatic heterocycles. The van der Waals surface area contributed by atoms with E-state index < -0.39 is 5.78 Å². The van der Waals surface area contributed by atoms with E-state index in [4.69, 9.17) is 4.74 Å². The van der Waals surface area contributed by atoms with Gasteiger partial charge in [-0.2, -0.15) is 4.98 Å². The first-order valence-electron chi connectivity index (χ1n) is 11.7. The first-order chi connectivity index (χ1) is 16.9. The van der Waals surface area contributed by atoms with Crippen molar-refractivity contribution in [3.63, 3.8) is 0 Å². The first kappa shape index (κ1) is 26.0. The summed E-state index contributed by atoms with van der Waals surface area (Å²) < 4.78 is 18.4. The number of nitrogens with zero attached hydrogens (tertiary/aromatic N) is 2. The van der Waals surface area contributed by atoms with E-state index in [0.29, 0.717) is 30.0 Å². The molecule has 1 saturated heterocycles. The number of carbonyl (C=O) groups excluding carboxylic acids is 3. The van der Waals surface area contributed by atoms with E-state index >= 15 is 0 Å². The molecule has 1 fully saturated rings. The number of ether oxygens (including phenoxy) is 1. The lowest BCUT2D eigenvalue weighted by atomic mass is 9.90. The third-order valence-corrected chi connectivity index (χ3v) is 6.12. The van der Waals surface area contributed by atoms with Gasteiger partial charge in [-0.3, -0.25) is 14.4 Å². The van der Waals surface area contributed by atoms with Crippen molar-refractivity contribution in [2.24, 2.45) is 5.92 Å². The van der Waals surface area contributed by atoms with Gasteiger partial charge in [0.1, 0.15) is 17.0 Å². The molecular formula is C26H31FN4O4. The van der Waals surface area contributed by atoms with Gasteiger partial charge in [0.05, 0.1) is 12.7 Å². The molecule has 0 radical (unpaired) electrons. The highest BCUT2D eigenvalue weighted by atomic mass is 19.1. The molecule has 0 spiro atoms. The third-order valence-electron chi connectivity index (χ3n) is 6.12. The number of aldehydes is 1. The average Bonchev–Trinajstić information content (AvgIpc) is 3.31. The Labute approximate surface area is 203 Å². The Morgan fingerprint density at radius 1 is 1.23 bits per heavy atom. The Hall–Kier alpha value is -3.59. The monoisotopic (exact) mass is 482 g/mol. The van der Waals surface area contributed by atoms with Crippen molar-refractivity contribution in [3.8, 4) is 5.88 Å². The van der Waals surface area contributed by atoms with Crippen LogP contribution in [0.25, 0.3) is 11.0 Å². The van der Waals surface area contributed by atoms with Gasteiger partial charge >= 0.3 is 0 Å². The molecule has 8 nitrogen and oxygen atoms in total. The number of aromatic nitrogens is 2. The number of nitrogens with one attached hydrogen (secondary N) is 2. The number of fused-ring (bicyclic) bond motifs is 1. The van der Waals surface area contributed by atoms with Gasteiger partial charge in [-0.05, 0) is 62.5 Å². The van der Waals surface area contributed by atoms with Gasteiger partial charge in [0, 0.05) is 24.7 Å². The Morgan fingerprint density at radius 2 is 1.89 bits per heavy atom. The predicted octanol–water partition coefficient (Wildman–Crippen LogP) is 3.41. The van der Waals surface area contributed by atoms with Crippen molar-refractivity contribution in [1.82, 2.24) is 20.2 Å². The van der Waals surface area contributed by atoms with E-state index in [9.17, 15) is 18.8 Å². The normalized spacial score (nSPS) is 13.8. The summed E-state index contributed by atoms with van der Waals surface area (Å²) >= 11 is 0. The van der Waals surface area contributed by atoms with E-state index in [2.05, 4.69) is 22.2 Å². The Morgan fingerprint density at radius 3 is 2.46 bits per heavy atom. The third kappa shape index (κ3) is 6.30. The zero-order chi connectivity index (χ0) is 25.4. The van der Waals surface area contributed by atoms with Crippen molar-refractivity contribution < 1.29 is 23.5 Å². The second-order valence-electron chi connectivity index (χ2n) is 8.40. The molecular weight excluding hydrogens is 451 g/mol. The zero-order valence-electron chi connectivity index (χ0n) is 20.3. The number of likely N-dealkylation sites (tertiary alicyclic amines) is 1. The molecule has 0 unspecified atom stereocenters. The van der Waals surface area contributed by atoms with Crippen LogP contribution < -0.4 is 10.1 Å². The number of benzene rings is 1. The van der Waals surface area contributed by atoms with Gasteiger partial charge in [-0.15, -0.1) is 0 Å². The number of carbonyl (C=O) groups is 3. The van der Waals surface area contributed by atoms with Crippen LogP contribution in [0.1, 0.15) is 46.0 Å². The molecule has 1 aliphatic heterocycles. The fourth-order valence-electron chi connectivity index (χ4n) is 4.07. The largest absolute Gasteiger partial charge is 0.480 e. The van der Waals surface area contributed by atoms with Crippen LogP contribution in [0.3, 0.4) is 0 Å². The second kappa shape index (κ2) is 12.2. The number of methoxy groups -OCH3 is 1. The van der Waals surface area contributed by atoms with Crippen molar-refractivity contribution in [1.29, 1.82) is 0 Å². The Bertz CT molecular complexity index is 1170. The van der Waals surface area contributed by atoms with Gasteiger partial charge < -0.3 is 19.9 Å². The zero-order valence-corrected chi connectivity index (χ0v) is 20.3. The van der Waals surface area contributed by atoms with Gasteiger partial charge in [0.15, 0.2) is 6.29 Å². The first-order valence-corrected chi connectivity index (χ1v) is 11.7. The molecule has 3 aromatic rings. The number of hydrogen-bond donors (Lipinski definition) is 2. The number of aromatic amines is 1. The maximum atomic E-state index is 13.2. The fourth-order valence-corrected chi connectivity index (χ4v) is 4.07. The molecule has 9 heteroatoms. The number of hydrogen-bond acceptors (Lipinski definition) is 6. The van der Waals surface area contributed by atoms with E-state index in [1.807, 2.05) is 7.05 Å². The minimum absolute atomic E-state index is 0.165. The molecule has 3 heterocycles. The molecule has 186 valence electrons. The summed E-state index contributed by atoms with van der Waals surface area (Å²) in [5, 5.41) is 3.34. The highest BCUT2D eigenvalue weighted by Gasteiger charge is 2.27. The van der Waals surface area contributed by atoms with Crippen molar-refractivity contribution >= 4 is 29.0 Å². The van der Waals surface area contributed by atoms with E-state index in [0.717, 1.165) is 31.4 Å². The maximum Gasteiger partial charge on any atom is 0.259 e. The van der Waals surface area contributed by atoms with E-state index in [1.54, 1.807) is 23.1 Å². The summed E-state index contributed by atoms with van der Waals surface area (Å²) in [7, 11) is 3.36. The number of rotatable bonds is 7. The lowest BCUT2D eigenvalue weighted by Gasteiger charge is -2.32. The molecule has 4 rings (SSSR count).